The SMILES string of the molecule is C=CNc1cnc(N2CCN(CC3CCN(C)CC3)CC2)nc1C(N)=Nc1cc(C(=O)NC(=N)C=C(NC)C(C)(C)C)ccc1C. The molecule has 0 atom stereocenters. The average molecular weight is 630 g/mol. The molecule has 0 bridgehead atoms. The Morgan fingerprint density at radius 3 is 2.50 bits per heavy atom. The summed E-state index contributed by atoms with van der Waals surface area (Å²) in [6.07, 6.45) is 7.42. The van der Waals surface area contributed by atoms with E-state index >= 15 is 0 Å². The number of allylic oxidation sites excluding steroid dienone is 1. The van der Waals surface area contributed by atoms with Gasteiger partial charge in [-0.1, -0.05) is 33.4 Å². The molecular formula is C34H51N11O. The van der Waals surface area contributed by atoms with Crippen molar-refractivity contribution in [1.82, 2.24) is 30.4 Å². The summed E-state index contributed by atoms with van der Waals surface area (Å²) in [5.74, 6) is 1.14. The minimum atomic E-state index is -0.408. The van der Waals surface area contributed by atoms with Crippen LogP contribution in [-0.2, 0) is 0 Å². The number of nitrogens with two attached hydrogens (primary N) is 1. The zero-order chi connectivity index (χ0) is 33.4. The Hall–Kier alpha value is -4.29. The van der Waals surface area contributed by atoms with Gasteiger partial charge in [0.2, 0.25) is 5.95 Å². The highest BCUT2D eigenvalue weighted by Crippen LogP contribution is 2.25. The van der Waals surface area contributed by atoms with Crippen molar-refractivity contribution in [3.8, 4) is 0 Å². The van der Waals surface area contributed by atoms with Crippen LogP contribution in [0.4, 0.5) is 17.3 Å². The van der Waals surface area contributed by atoms with Gasteiger partial charge < -0.3 is 31.5 Å². The van der Waals surface area contributed by atoms with Crippen molar-refractivity contribution in [3.63, 3.8) is 0 Å². The standard InChI is InChI=1S/C34H51N11O/c1-8-38-27-21-39-33(45-17-15-44(16-18-45)22-24-11-13-43(7)14-12-24)42-30(27)31(36)40-26-19-25(10-9-23(26)2)32(46)41-29(35)20-28(37-6)34(3,4)5/h8-10,19-21,24,37-38H,1,11-18,22H2,2-7H3,(H2,36,40)(H2,35,41,46). The highest BCUT2D eigenvalue weighted by molar-refractivity contribution is 6.09. The molecule has 0 spiro atoms. The van der Waals surface area contributed by atoms with Crippen molar-refractivity contribution >= 4 is 34.9 Å². The molecule has 12 nitrogen and oxygen atoms in total. The van der Waals surface area contributed by atoms with Crippen molar-refractivity contribution in [3.05, 3.63) is 65.8 Å². The number of aliphatic imine (C=N–C) groups is 1. The highest BCUT2D eigenvalue weighted by Gasteiger charge is 2.25. The number of carbonyl (C=O) groups is 1. The van der Waals surface area contributed by atoms with E-state index in [0.717, 1.165) is 49.9 Å². The van der Waals surface area contributed by atoms with Crippen LogP contribution in [0.15, 0.2) is 53.9 Å². The molecule has 2 aromatic rings. The van der Waals surface area contributed by atoms with Gasteiger partial charge in [0.05, 0.1) is 17.6 Å². The molecule has 2 saturated heterocycles. The van der Waals surface area contributed by atoms with E-state index in [1.807, 2.05) is 33.8 Å². The number of amides is 1. The summed E-state index contributed by atoms with van der Waals surface area (Å²) in [7, 11) is 4.00. The summed E-state index contributed by atoms with van der Waals surface area (Å²) < 4.78 is 0. The zero-order valence-corrected chi connectivity index (χ0v) is 28.3. The lowest BCUT2D eigenvalue weighted by atomic mass is 9.91. The largest absolute Gasteiger partial charge is 0.391 e. The number of anilines is 2. The maximum absolute atomic E-state index is 13.1. The predicted molar refractivity (Wildman–Crippen MR) is 188 cm³/mol. The molecule has 1 aromatic heterocycles. The fourth-order valence-corrected chi connectivity index (χ4v) is 5.77. The number of aryl methyl sites for hydroxylation is 1. The van der Waals surface area contributed by atoms with Crippen molar-refractivity contribution in [1.29, 1.82) is 5.41 Å². The van der Waals surface area contributed by atoms with Gasteiger partial charge in [-0.2, -0.15) is 0 Å². The van der Waals surface area contributed by atoms with E-state index in [0.29, 0.717) is 28.6 Å². The Balaban J connectivity index is 1.49. The molecule has 46 heavy (non-hydrogen) atoms. The molecule has 1 amide bonds. The first kappa shape index (κ1) is 34.6. The maximum atomic E-state index is 13.1. The summed E-state index contributed by atoms with van der Waals surface area (Å²) in [5.41, 5.74) is 10.0. The van der Waals surface area contributed by atoms with Crippen LogP contribution in [0.3, 0.4) is 0 Å². The van der Waals surface area contributed by atoms with Crippen molar-refractivity contribution in [2.24, 2.45) is 22.1 Å². The summed E-state index contributed by atoms with van der Waals surface area (Å²) in [6, 6.07) is 5.19. The van der Waals surface area contributed by atoms with Crippen LogP contribution >= 0.6 is 0 Å². The minimum Gasteiger partial charge on any atom is -0.391 e. The van der Waals surface area contributed by atoms with E-state index in [1.165, 1.54) is 25.9 Å². The molecule has 0 aliphatic carbocycles. The monoisotopic (exact) mass is 629 g/mol. The summed E-state index contributed by atoms with van der Waals surface area (Å²) in [5, 5.41) is 17.2. The molecule has 0 saturated carbocycles. The summed E-state index contributed by atoms with van der Waals surface area (Å²) >= 11 is 0. The van der Waals surface area contributed by atoms with Crippen LogP contribution in [0.5, 0.6) is 0 Å². The number of nitrogens with zero attached hydrogens (tertiary/aromatic N) is 6. The lowest BCUT2D eigenvalue weighted by Crippen LogP contribution is -2.49. The fourth-order valence-electron chi connectivity index (χ4n) is 5.77. The number of amidine groups is 2. The lowest BCUT2D eigenvalue weighted by molar-refractivity contribution is 0.0977. The van der Waals surface area contributed by atoms with Gasteiger partial charge in [-0.05, 0) is 75.8 Å². The molecule has 2 aliphatic rings. The van der Waals surface area contributed by atoms with Gasteiger partial charge >= 0.3 is 0 Å². The van der Waals surface area contributed by atoms with E-state index in [9.17, 15) is 4.79 Å². The Labute approximate surface area is 273 Å². The van der Waals surface area contributed by atoms with E-state index < -0.39 is 5.91 Å². The molecule has 3 heterocycles. The second-order valence-corrected chi connectivity index (χ2v) is 13.2. The topological polar surface area (TPSA) is 151 Å². The van der Waals surface area contributed by atoms with Crippen molar-refractivity contribution in [2.75, 3.05) is 70.1 Å². The second kappa shape index (κ2) is 15.3. The number of nitrogens with one attached hydrogen (secondary N) is 4. The Morgan fingerprint density at radius 2 is 1.87 bits per heavy atom. The average Bonchev–Trinajstić information content (AvgIpc) is 3.02. The molecule has 0 radical (unpaired) electrons. The smallest absolute Gasteiger partial charge is 0.256 e. The van der Waals surface area contributed by atoms with Gasteiger partial charge in [0.15, 0.2) is 5.84 Å². The molecule has 6 N–H and O–H groups in total. The predicted octanol–water partition coefficient (Wildman–Crippen LogP) is 3.70. The molecule has 4 rings (SSSR count). The number of hydrogen-bond acceptors (Lipinski definition) is 10. The molecule has 2 aliphatic heterocycles. The first-order chi connectivity index (χ1) is 21.9. The van der Waals surface area contributed by atoms with Gasteiger partial charge in [0, 0.05) is 56.4 Å². The van der Waals surface area contributed by atoms with Crippen LogP contribution < -0.4 is 26.6 Å². The number of likely N-dealkylation sites (tertiary alicyclic amines) is 1. The number of piperazine rings is 1. The normalized spacial score (nSPS) is 17.5. The number of aromatic nitrogens is 2. The van der Waals surface area contributed by atoms with Gasteiger partial charge in [0.1, 0.15) is 11.5 Å². The first-order valence-electron chi connectivity index (χ1n) is 16.0. The van der Waals surface area contributed by atoms with E-state index in [2.05, 4.69) is 49.3 Å². The van der Waals surface area contributed by atoms with Gasteiger partial charge in [0.25, 0.3) is 5.91 Å². The fraction of sp³-hybridized carbons (Fsp3) is 0.500. The third kappa shape index (κ3) is 9.13. The van der Waals surface area contributed by atoms with E-state index in [-0.39, 0.29) is 17.1 Å². The molecule has 248 valence electrons. The quantitative estimate of drug-likeness (QED) is 0.196. The van der Waals surface area contributed by atoms with E-state index in [1.54, 1.807) is 37.7 Å². The number of benzene rings is 1. The third-order valence-corrected chi connectivity index (χ3v) is 8.61. The maximum Gasteiger partial charge on any atom is 0.256 e. The number of carbonyl (C=O) groups excluding carboxylic acids is 1. The molecule has 0 unspecified atom stereocenters. The van der Waals surface area contributed by atoms with Crippen LogP contribution in [0, 0.1) is 23.7 Å². The van der Waals surface area contributed by atoms with Crippen molar-refractivity contribution < 1.29 is 4.79 Å². The van der Waals surface area contributed by atoms with Crippen LogP contribution in [0.25, 0.3) is 0 Å². The first-order valence-corrected chi connectivity index (χ1v) is 16.0. The number of hydrogen-bond donors (Lipinski definition) is 5. The Morgan fingerprint density at radius 1 is 1.17 bits per heavy atom. The number of rotatable bonds is 10. The molecule has 12 heteroatoms. The van der Waals surface area contributed by atoms with Gasteiger partial charge in [-0.3, -0.25) is 15.1 Å². The van der Waals surface area contributed by atoms with Gasteiger partial charge in [-0.25, -0.2) is 15.0 Å². The van der Waals surface area contributed by atoms with Crippen LogP contribution in [0.1, 0.15) is 55.2 Å². The minimum absolute atomic E-state index is 0.00859. The third-order valence-electron chi connectivity index (χ3n) is 8.61. The molecule has 2 fully saturated rings. The Bertz CT molecular complexity index is 1460. The molecular weight excluding hydrogens is 578 g/mol. The summed E-state index contributed by atoms with van der Waals surface area (Å²) in [4.78, 5) is 34.4. The van der Waals surface area contributed by atoms with Crippen LogP contribution in [0.2, 0.25) is 0 Å². The number of piperidine rings is 1. The summed E-state index contributed by atoms with van der Waals surface area (Å²) in [6.45, 7) is 18.9. The van der Waals surface area contributed by atoms with E-state index in [4.69, 9.17) is 21.1 Å². The van der Waals surface area contributed by atoms with Gasteiger partial charge in [-0.15, -0.1) is 0 Å². The molecule has 1 aromatic carbocycles. The lowest BCUT2D eigenvalue weighted by Gasteiger charge is -2.38. The Kier molecular flexibility index (Phi) is 11.5. The van der Waals surface area contributed by atoms with Crippen molar-refractivity contribution in [2.45, 2.75) is 40.5 Å². The highest BCUT2D eigenvalue weighted by atomic mass is 16.1. The van der Waals surface area contributed by atoms with Crippen LogP contribution in [-0.4, -0.2) is 97.3 Å². The zero-order valence-electron chi connectivity index (χ0n) is 28.3. The second-order valence-electron chi connectivity index (χ2n) is 13.2.